The first-order valence-corrected chi connectivity index (χ1v) is 7.49. The molecule has 5 heteroatoms. The van der Waals surface area contributed by atoms with Gasteiger partial charge in [0.2, 0.25) is 5.91 Å². The molecule has 0 aromatic heterocycles. The molecule has 3 N–H and O–H groups in total. The lowest BCUT2D eigenvalue weighted by Gasteiger charge is -2.29. The van der Waals surface area contributed by atoms with Crippen LogP contribution >= 0.6 is 28.1 Å². The Hall–Kier alpha value is -0.940. The predicted molar refractivity (Wildman–Crippen MR) is 85.8 cm³/mol. The Morgan fingerprint density at radius 3 is 2.42 bits per heavy atom. The molecule has 0 atom stereocenters. The van der Waals surface area contributed by atoms with Gasteiger partial charge in [0.05, 0.1) is 10.4 Å². The van der Waals surface area contributed by atoms with Crippen LogP contribution in [0.2, 0.25) is 0 Å². The zero-order valence-electron chi connectivity index (χ0n) is 11.2. The van der Waals surface area contributed by atoms with Crippen LogP contribution in [-0.4, -0.2) is 10.9 Å². The Kier molecular flexibility index (Phi) is 5.94. The van der Waals surface area contributed by atoms with Crippen LogP contribution in [-0.2, 0) is 11.3 Å². The smallest absolute Gasteiger partial charge is 0.233 e. The van der Waals surface area contributed by atoms with E-state index in [2.05, 4.69) is 21.2 Å². The van der Waals surface area contributed by atoms with E-state index in [1.165, 1.54) is 0 Å². The summed E-state index contributed by atoms with van der Waals surface area (Å²) in [5, 5.41) is 2.93. The number of carbonyl (C=O) groups is 1. The fourth-order valence-electron chi connectivity index (χ4n) is 2.02. The Balaban J connectivity index is 2.79. The van der Waals surface area contributed by atoms with E-state index < -0.39 is 5.41 Å². The summed E-state index contributed by atoms with van der Waals surface area (Å²) >= 11 is 8.53. The highest BCUT2D eigenvalue weighted by Crippen LogP contribution is 2.27. The molecule has 0 fully saturated rings. The van der Waals surface area contributed by atoms with E-state index in [0.717, 1.165) is 10.0 Å². The van der Waals surface area contributed by atoms with Crippen LogP contribution in [0.15, 0.2) is 28.7 Å². The van der Waals surface area contributed by atoms with Crippen molar-refractivity contribution in [3.8, 4) is 0 Å². The highest BCUT2D eigenvalue weighted by Gasteiger charge is 2.37. The maximum atomic E-state index is 12.4. The number of nitrogens with two attached hydrogens (primary N) is 1. The molecule has 0 heterocycles. The van der Waals surface area contributed by atoms with Gasteiger partial charge in [-0.05, 0) is 24.5 Å². The number of hydrogen-bond donors (Lipinski definition) is 2. The molecular weight excluding hydrogens is 324 g/mol. The van der Waals surface area contributed by atoms with Gasteiger partial charge in [-0.25, -0.2) is 0 Å². The summed E-state index contributed by atoms with van der Waals surface area (Å²) in [4.78, 5) is 12.6. The zero-order chi connectivity index (χ0) is 14.5. The topological polar surface area (TPSA) is 55.1 Å². The van der Waals surface area contributed by atoms with Crippen molar-refractivity contribution >= 4 is 39.0 Å². The van der Waals surface area contributed by atoms with Crippen molar-refractivity contribution in [1.82, 2.24) is 5.32 Å². The monoisotopic (exact) mass is 342 g/mol. The van der Waals surface area contributed by atoms with Crippen LogP contribution < -0.4 is 11.1 Å². The molecule has 1 amide bonds. The van der Waals surface area contributed by atoms with Gasteiger partial charge in [-0.2, -0.15) is 0 Å². The number of benzene rings is 1. The minimum Gasteiger partial charge on any atom is -0.392 e. The van der Waals surface area contributed by atoms with Crippen LogP contribution in [0.4, 0.5) is 0 Å². The largest absolute Gasteiger partial charge is 0.392 e. The maximum Gasteiger partial charge on any atom is 0.233 e. The molecule has 0 radical (unpaired) electrons. The third-order valence-electron chi connectivity index (χ3n) is 3.51. The summed E-state index contributed by atoms with van der Waals surface area (Å²) < 4.78 is 0.976. The van der Waals surface area contributed by atoms with Gasteiger partial charge < -0.3 is 11.1 Å². The highest BCUT2D eigenvalue weighted by atomic mass is 79.9. The van der Waals surface area contributed by atoms with Gasteiger partial charge in [0.25, 0.3) is 0 Å². The third kappa shape index (κ3) is 3.54. The fraction of sp³-hybridized carbons (Fsp3) is 0.429. The number of rotatable bonds is 6. The van der Waals surface area contributed by atoms with E-state index in [9.17, 15) is 4.79 Å². The van der Waals surface area contributed by atoms with Gasteiger partial charge in [0.15, 0.2) is 0 Å². The molecule has 0 unspecified atom stereocenters. The zero-order valence-corrected chi connectivity index (χ0v) is 13.6. The normalized spacial score (nSPS) is 11.1. The van der Waals surface area contributed by atoms with Gasteiger partial charge in [-0.1, -0.05) is 60.2 Å². The fourth-order valence-corrected chi connectivity index (χ4v) is 2.82. The SMILES string of the molecule is CCC(CC)(C(=O)NCc1ccccc1Br)C(N)=S. The Morgan fingerprint density at radius 2 is 1.95 bits per heavy atom. The van der Waals surface area contributed by atoms with Crippen LogP contribution in [0, 0.1) is 5.41 Å². The van der Waals surface area contributed by atoms with E-state index >= 15 is 0 Å². The molecular formula is C14H19BrN2OS. The van der Waals surface area contributed by atoms with E-state index in [0.29, 0.717) is 19.4 Å². The second kappa shape index (κ2) is 7.01. The minimum atomic E-state index is -0.739. The van der Waals surface area contributed by atoms with Crippen molar-refractivity contribution in [1.29, 1.82) is 0 Å². The summed E-state index contributed by atoms with van der Waals surface area (Å²) in [5.41, 5.74) is 6.04. The van der Waals surface area contributed by atoms with Crippen molar-refractivity contribution in [3.63, 3.8) is 0 Å². The number of carbonyl (C=O) groups excluding carboxylic acids is 1. The molecule has 0 spiro atoms. The van der Waals surface area contributed by atoms with E-state index in [4.69, 9.17) is 18.0 Å². The Labute approximate surface area is 128 Å². The van der Waals surface area contributed by atoms with Gasteiger partial charge in [0, 0.05) is 11.0 Å². The van der Waals surface area contributed by atoms with Crippen molar-refractivity contribution in [2.24, 2.45) is 11.1 Å². The molecule has 0 bridgehead atoms. The second-order valence-corrected chi connectivity index (χ2v) is 5.72. The van der Waals surface area contributed by atoms with E-state index in [1.807, 2.05) is 38.1 Å². The van der Waals surface area contributed by atoms with Gasteiger partial charge in [0.1, 0.15) is 0 Å². The molecule has 0 aliphatic carbocycles. The lowest BCUT2D eigenvalue weighted by molar-refractivity contribution is -0.128. The average molecular weight is 343 g/mol. The molecule has 19 heavy (non-hydrogen) atoms. The lowest BCUT2D eigenvalue weighted by Crippen LogP contribution is -2.48. The van der Waals surface area contributed by atoms with Gasteiger partial charge in [-0.3, -0.25) is 4.79 Å². The molecule has 1 aromatic carbocycles. The maximum absolute atomic E-state index is 12.4. The minimum absolute atomic E-state index is 0.0965. The third-order valence-corrected chi connectivity index (χ3v) is 4.68. The summed E-state index contributed by atoms with van der Waals surface area (Å²) in [6, 6.07) is 7.78. The molecule has 3 nitrogen and oxygen atoms in total. The molecule has 0 saturated heterocycles. The molecule has 1 rings (SSSR count). The summed E-state index contributed by atoms with van der Waals surface area (Å²) in [5.74, 6) is -0.0965. The van der Waals surface area contributed by atoms with Crippen molar-refractivity contribution in [3.05, 3.63) is 34.3 Å². The van der Waals surface area contributed by atoms with Crippen molar-refractivity contribution < 1.29 is 4.79 Å². The predicted octanol–water partition coefficient (Wildman–Crippen LogP) is 3.16. The number of hydrogen-bond acceptors (Lipinski definition) is 2. The van der Waals surface area contributed by atoms with Gasteiger partial charge in [-0.15, -0.1) is 0 Å². The summed E-state index contributed by atoms with van der Waals surface area (Å²) in [6.07, 6.45) is 1.22. The average Bonchev–Trinajstić information content (AvgIpc) is 2.39. The Morgan fingerprint density at radius 1 is 1.37 bits per heavy atom. The molecule has 0 aliphatic heterocycles. The number of nitrogens with one attached hydrogen (secondary N) is 1. The molecule has 0 saturated carbocycles. The van der Waals surface area contributed by atoms with Crippen LogP contribution in [0.25, 0.3) is 0 Å². The summed E-state index contributed by atoms with van der Waals surface area (Å²) in [6.45, 7) is 4.33. The number of amides is 1. The standard InChI is InChI=1S/C14H19BrN2OS/c1-3-14(4-2,12(16)19)13(18)17-9-10-7-5-6-8-11(10)15/h5-8H,3-4,9H2,1-2H3,(H2,16,19)(H,17,18). The lowest BCUT2D eigenvalue weighted by atomic mass is 9.81. The van der Waals surface area contributed by atoms with Gasteiger partial charge >= 0.3 is 0 Å². The number of thiocarbonyl (C=S) groups is 1. The molecule has 104 valence electrons. The summed E-state index contributed by atoms with van der Waals surface area (Å²) in [7, 11) is 0. The van der Waals surface area contributed by atoms with Crippen LogP contribution in [0.5, 0.6) is 0 Å². The van der Waals surface area contributed by atoms with Crippen molar-refractivity contribution in [2.75, 3.05) is 0 Å². The van der Waals surface area contributed by atoms with E-state index in [1.54, 1.807) is 0 Å². The first-order chi connectivity index (χ1) is 8.97. The first kappa shape index (κ1) is 16.1. The number of halogens is 1. The first-order valence-electron chi connectivity index (χ1n) is 6.29. The molecule has 1 aromatic rings. The van der Waals surface area contributed by atoms with E-state index in [-0.39, 0.29) is 10.9 Å². The second-order valence-electron chi connectivity index (χ2n) is 4.43. The quantitative estimate of drug-likeness (QED) is 0.780. The highest BCUT2D eigenvalue weighted by molar-refractivity contribution is 9.10. The Bertz CT molecular complexity index is 472. The van der Waals surface area contributed by atoms with Crippen molar-refractivity contribution in [2.45, 2.75) is 33.2 Å². The van der Waals surface area contributed by atoms with Crippen LogP contribution in [0.1, 0.15) is 32.3 Å². The molecule has 0 aliphatic rings. The van der Waals surface area contributed by atoms with Crippen LogP contribution in [0.3, 0.4) is 0 Å².